The fourth-order valence-electron chi connectivity index (χ4n) is 4.20. The number of rotatable bonds is 5. The third kappa shape index (κ3) is 4.13. The summed E-state index contributed by atoms with van der Waals surface area (Å²) in [6, 6.07) is 11.8. The number of ether oxygens (including phenoxy) is 1. The Morgan fingerprint density at radius 1 is 1.15 bits per heavy atom. The average molecular weight is 462 g/mol. The molecule has 11 nitrogen and oxygen atoms in total. The number of carbonyl (C=O) groups excluding carboxylic acids is 1. The normalized spacial score (nSPS) is 13.8. The number of carboxylic acids is 1. The van der Waals surface area contributed by atoms with Crippen LogP contribution in [0.25, 0.3) is 5.69 Å². The third-order valence-corrected chi connectivity index (χ3v) is 5.85. The third-order valence-electron chi connectivity index (χ3n) is 5.85. The van der Waals surface area contributed by atoms with Gasteiger partial charge < -0.3 is 9.84 Å². The Kier molecular flexibility index (Phi) is 6.40. The molecule has 4 rings (SSSR count). The Hall–Kier alpha value is -4.46. The van der Waals surface area contributed by atoms with E-state index in [4.69, 9.17) is 4.74 Å². The number of tetrazole rings is 1. The van der Waals surface area contributed by atoms with Crippen LogP contribution in [0.4, 0.5) is 10.5 Å². The maximum absolute atomic E-state index is 13.6. The zero-order valence-corrected chi connectivity index (χ0v) is 18.4. The molecule has 1 amide bonds. The van der Waals surface area contributed by atoms with Gasteiger partial charge in [0.15, 0.2) is 0 Å². The lowest BCUT2D eigenvalue weighted by atomic mass is 9.94. The van der Waals surface area contributed by atoms with E-state index in [1.54, 1.807) is 18.2 Å². The van der Waals surface area contributed by atoms with Crippen LogP contribution in [0.15, 0.2) is 47.3 Å². The Bertz CT molecular complexity index is 1330. The maximum Gasteiger partial charge on any atom is 0.377 e. The highest BCUT2D eigenvalue weighted by molar-refractivity contribution is 5.97. The fraction of sp³-hybridized carbons (Fsp3) is 0.304. The molecule has 1 aromatic heterocycles. The summed E-state index contributed by atoms with van der Waals surface area (Å²) in [7, 11) is 1.36. The molecule has 0 bridgehead atoms. The number of anilines is 1. The van der Waals surface area contributed by atoms with Gasteiger partial charge >= 0.3 is 17.7 Å². The van der Waals surface area contributed by atoms with Crippen LogP contribution in [0.2, 0.25) is 0 Å². The topological polar surface area (TPSA) is 143 Å². The van der Waals surface area contributed by atoms with E-state index in [0.717, 1.165) is 23.9 Å². The SMILES string of the molecule is COc1ccc(N(C(=O)n2nnn(-c3ccccc3C#N)c2=O)C2CCCCC2)cc1C(=O)O. The lowest BCUT2D eigenvalue weighted by Gasteiger charge is -2.33. The van der Waals surface area contributed by atoms with Gasteiger partial charge in [0, 0.05) is 11.7 Å². The molecule has 2 aromatic carbocycles. The first-order valence-corrected chi connectivity index (χ1v) is 10.8. The summed E-state index contributed by atoms with van der Waals surface area (Å²) in [5.41, 5.74) is -0.215. The first-order chi connectivity index (χ1) is 16.5. The Morgan fingerprint density at radius 2 is 1.88 bits per heavy atom. The van der Waals surface area contributed by atoms with Crippen molar-refractivity contribution >= 4 is 17.7 Å². The van der Waals surface area contributed by atoms with E-state index in [0.29, 0.717) is 23.2 Å². The summed E-state index contributed by atoms with van der Waals surface area (Å²) in [5, 5.41) is 26.5. The van der Waals surface area contributed by atoms with Gasteiger partial charge in [-0.25, -0.2) is 14.4 Å². The predicted octanol–water partition coefficient (Wildman–Crippen LogP) is 2.81. The molecule has 1 N–H and O–H groups in total. The van der Waals surface area contributed by atoms with E-state index < -0.39 is 17.7 Å². The quantitative estimate of drug-likeness (QED) is 0.570. The van der Waals surface area contributed by atoms with Crippen molar-refractivity contribution in [2.75, 3.05) is 12.0 Å². The van der Waals surface area contributed by atoms with Crippen LogP contribution >= 0.6 is 0 Å². The number of nitrogens with zero attached hydrogens (tertiary/aromatic N) is 6. The standard InChI is InChI=1S/C23H22N6O5/c1-34-20-12-11-17(13-18(20)21(30)31)27(16-8-3-2-4-9-16)22(32)29-23(33)28(25-26-29)19-10-6-5-7-15(19)14-24/h5-7,10-13,16H,2-4,8-9H2,1H3,(H,30,31). The van der Waals surface area contributed by atoms with Gasteiger partial charge in [0.1, 0.15) is 17.4 Å². The molecule has 1 saturated carbocycles. The van der Waals surface area contributed by atoms with Crippen molar-refractivity contribution in [1.82, 2.24) is 19.8 Å². The number of carboxylic acid groups (broad SMARTS) is 1. The summed E-state index contributed by atoms with van der Waals surface area (Å²) in [6.45, 7) is 0. The van der Waals surface area contributed by atoms with Crippen molar-refractivity contribution in [3.8, 4) is 17.5 Å². The summed E-state index contributed by atoms with van der Waals surface area (Å²) in [6.07, 6.45) is 4.21. The number of aromatic nitrogens is 4. The highest BCUT2D eigenvalue weighted by Crippen LogP contribution is 2.31. The number of nitriles is 1. The average Bonchev–Trinajstić information content (AvgIpc) is 3.25. The first kappa shape index (κ1) is 22.7. The Morgan fingerprint density at radius 3 is 2.56 bits per heavy atom. The fourth-order valence-corrected chi connectivity index (χ4v) is 4.20. The second-order valence-corrected chi connectivity index (χ2v) is 7.85. The monoisotopic (exact) mass is 462 g/mol. The molecule has 11 heteroatoms. The van der Waals surface area contributed by atoms with Crippen LogP contribution in [-0.4, -0.2) is 50.0 Å². The van der Waals surface area contributed by atoms with E-state index in [1.807, 2.05) is 6.07 Å². The van der Waals surface area contributed by atoms with Gasteiger partial charge in [0.2, 0.25) is 0 Å². The van der Waals surface area contributed by atoms with E-state index in [1.165, 1.54) is 36.3 Å². The maximum atomic E-state index is 13.6. The van der Waals surface area contributed by atoms with Crippen molar-refractivity contribution in [3.63, 3.8) is 0 Å². The van der Waals surface area contributed by atoms with Gasteiger partial charge in [-0.05, 0) is 53.6 Å². The van der Waals surface area contributed by atoms with Crippen LogP contribution in [0.1, 0.15) is 48.0 Å². The van der Waals surface area contributed by atoms with Gasteiger partial charge in [-0.1, -0.05) is 31.4 Å². The molecule has 0 saturated heterocycles. The van der Waals surface area contributed by atoms with E-state index in [-0.39, 0.29) is 28.6 Å². The van der Waals surface area contributed by atoms with Crippen molar-refractivity contribution in [2.24, 2.45) is 0 Å². The highest BCUT2D eigenvalue weighted by atomic mass is 16.5. The Balaban J connectivity index is 1.80. The molecule has 3 aromatic rings. The van der Waals surface area contributed by atoms with E-state index >= 15 is 0 Å². The summed E-state index contributed by atoms with van der Waals surface area (Å²) in [5.74, 6) is -1.05. The van der Waals surface area contributed by atoms with Gasteiger partial charge in [-0.3, -0.25) is 4.90 Å². The number of aromatic carboxylic acids is 1. The second-order valence-electron chi connectivity index (χ2n) is 7.85. The van der Waals surface area contributed by atoms with Gasteiger partial charge in [0.25, 0.3) is 0 Å². The number of benzene rings is 2. The number of hydrogen-bond donors (Lipinski definition) is 1. The number of amides is 1. The minimum absolute atomic E-state index is 0.104. The number of carbonyl (C=O) groups is 2. The molecule has 1 aliphatic rings. The zero-order chi connectivity index (χ0) is 24.2. The number of hydrogen-bond acceptors (Lipinski definition) is 7. The molecule has 0 radical (unpaired) electrons. The smallest absolute Gasteiger partial charge is 0.377 e. The van der Waals surface area contributed by atoms with Gasteiger partial charge in [0.05, 0.1) is 18.4 Å². The highest BCUT2D eigenvalue weighted by Gasteiger charge is 2.31. The first-order valence-electron chi connectivity index (χ1n) is 10.8. The van der Waals surface area contributed by atoms with Crippen LogP contribution < -0.4 is 15.3 Å². The van der Waals surface area contributed by atoms with Gasteiger partial charge in [-0.15, -0.1) is 4.68 Å². The van der Waals surface area contributed by atoms with Crippen LogP contribution in [0.3, 0.4) is 0 Å². The van der Waals surface area contributed by atoms with Crippen LogP contribution in [0.5, 0.6) is 5.75 Å². The zero-order valence-electron chi connectivity index (χ0n) is 18.4. The van der Waals surface area contributed by atoms with Crippen molar-refractivity contribution in [1.29, 1.82) is 5.26 Å². The minimum Gasteiger partial charge on any atom is -0.496 e. The van der Waals surface area contributed by atoms with E-state index in [9.17, 15) is 24.8 Å². The van der Waals surface area contributed by atoms with Crippen molar-refractivity contribution < 1.29 is 19.4 Å². The molecule has 0 atom stereocenters. The summed E-state index contributed by atoms with van der Waals surface area (Å²) in [4.78, 5) is 39.9. The van der Waals surface area contributed by atoms with Crippen molar-refractivity contribution in [3.05, 3.63) is 64.1 Å². The van der Waals surface area contributed by atoms with Gasteiger partial charge in [-0.2, -0.15) is 9.94 Å². The van der Waals surface area contributed by atoms with Crippen molar-refractivity contribution in [2.45, 2.75) is 38.1 Å². The minimum atomic E-state index is -1.20. The predicted molar refractivity (Wildman–Crippen MR) is 120 cm³/mol. The van der Waals surface area contributed by atoms with Crippen LogP contribution in [0, 0.1) is 11.3 Å². The molecular weight excluding hydrogens is 440 g/mol. The summed E-state index contributed by atoms with van der Waals surface area (Å²) < 4.78 is 6.66. The molecule has 0 aliphatic heterocycles. The number of para-hydroxylation sites is 1. The number of methoxy groups -OCH3 is 1. The molecule has 174 valence electrons. The Labute approximate surface area is 194 Å². The largest absolute Gasteiger partial charge is 0.496 e. The molecule has 0 unspecified atom stereocenters. The molecule has 1 heterocycles. The second kappa shape index (κ2) is 9.58. The molecular formula is C23H22N6O5. The lowest BCUT2D eigenvalue weighted by molar-refractivity contribution is 0.0693. The molecule has 0 spiro atoms. The molecule has 34 heavy (non-hydrogen) atoms. The summed E-state index contributed by atoms with van der Waals surface area (Å²) >= 11 is 0. The van der Waals surface area contributed by atoms with Crippen LogP contribution in [-0.2, 0) is 0 Å². The lowest BCUT2D eigenvalue weighted by Crippen LogP contribution is -2.47. The van der Waals surface area contributed by atoms with E-state index in [2.05, 4.69) is 10.4 Å². The molecule has 1 aliphatic carbocycles. The molecule has 1 fully saturated rings.